The van der Waals surface area contributed by atoms with Gasteiger partial charge in [0.05, 0.1) is 37.2 Å². The average Bonchev–Trinajstić information content (AvgIpc) is 3.53. The van der Waals surface area contributed by atoms with Crippen LogP contribution in [0.3, 0.4) is 0 Å². The molecule has 1 aromatic heterocycles. The molecule has 3 heterocycles. The summed E-state index contributed by atoms with van der Waals surface area (Å²) in [5.41, 5.74) is 3.00. The van der Waals surface area contributed by atoms with E-state index in [4.69, 9.17) is 14.2 Å². The number of urea groups is 1. The number of carbonyl (C=O) groups is 4. The number of hydrazine groups is 1. The van der Waals surface area contributed by atoms with Crippen LogP contribution in [0.1, 0.15) is 77.9 Å². The van der Waals surface area contributed by atoms with Crippen LogP contribution in [0.5, 0.6) is 11.5 Å². The summed E-state index contributed by atoms with van der Waals surface area (Å²) in [5, 5.41) is 30.0. The van der Waals surface area contributed by atoms with Gasteiger partial charge in [0.1, 0.15) is 30.9 Å². The standard InChI is InChI=1S/C45H63N7O9/c1-43(2,3)37(48-41(56)59-9)39(54)49-51(26-30-18-19-34-35(25-30)61-23-22-60-34)28-33(53)32(24-29-14-11-10-12-15-29)47-40(55)38(44(4,5)6)52-21-20-50(42(52)57)27-31-16-13-17-36(46-31)45(7,8)58/h10-19,25,32-33,37-38,53,58H,20-24,26-28H2,1-9H3,(H,47,55)(H,48,56)(H,49,54). The second kappa shape index (κ2) is 19.5. The van der Waals surface area contributed by atoms with Crippen molar-refractivity contribution < 1.29 is 43.6 Å². The Morgan fingerprint density at radius 2 is 1.54 bits per heavy atom. The lowest BCUT2D eigenvalue weighted by atomic mass is 9.84. The molecule has 2 aliphatic rings. The summed E-state index contributed by atoms with van der Waals surface area (Å²) in [4.78, 5) is 62.8. The fraction of sp³-hybridized carbons (Fsp3) is 0.533. The van der Waals surface area contributed by atoms with E-state index < -0.39 is 58.6 Å². The van der Waals surface area contributed by atoms with E-state index in [0.717, 1.165) is 11.1 Å². The number of alkyl carbamates (subject to hydrolysis) is 1. The summed E-state index contributed by atoms with van der Waals surface area (Å²) < 4.78 is 16.3. The van der Waals surface area contributed by atoms with Crippen molar-refractivity contribution in [2.45, 2.75) is 105 Å². The average molecular weight is 846 g/mol. The molecule has 0 bridgehead atoms. The number of nitrogens with one attached hydrogen (secondary N) is 3. The van der Waals surface area contributed by atoms with Crippen molar-refractivity contribution in [2.24, 2.45) is 10.8 Å². The van der Waals surface area contributed by atoms with Crippen molar-refractivity contribution in [3.05, 3.63) is 89.2 Å². The minimum atomic E-state index is -1.26. The van der Waals surface area contributed by atoms with E-state index in [1.54, 1.807) is 73.7 Å². The van der Waals surface area contributed by atoms with Crippen molar-refractivity contribution in [3.8, 4) is 11.5 Å². The summed E-state index contributed by atoms with van der Waals surface area (Å²) in [7, 11) is 1.22. The number of aliphatic hydroxyl groups is 2. The smallest absolute Gasteiger partial charge is 0.407 e. The Morgan fingerprint density at radius 1 is 0.852 bits per heavy atom. The van der Waals surface area contributed by atoms with Crippen molar-refractivity contribution in [3.63, 3.8) is 0 Å². The minimum absolute atomic E-state index is 0.108. The van der Waals surface area contributed by atoms with E-state index in [9.17, 15) is 29.4 Å². The lowest BCUT2D eigenvalue weighted by molar-refractivity contribution is -0.133. The third kappa shape index (κ3) is 12.6. The van der Waals surface area contributed by atoms with Crippen molar-refractivity contribution >= 4 is 23.9 Å². The molecule has 16 heteroatoms. The molecule has 5 N–H and O–H groups in total. The van der Waals surface area contributed by atoms with Gasteiger partial charge in [-0.25, -0.2) is 14.6 Å². The Kier molecular flexibility index (Phi) is 14.9. The molecular formula is C45H63N7O9. The van der Waals surface area contributed by atoms with Crippen LogP contribution in [-0.2, 0) is 39.4 Å². The molecule has 2 aliphatic heterocycles. The normalized spacial score (nSPS) is 16.4. The molecule has 1 fully saturated rings. The van der Waals surface area contributed by atoms with Gasteiger partial charge in [-0.05, 0) is 66.5 Å². The molecule has 332 valence electrons. The number of nitrogens with zero attached hydrogens (tertiary/aromatic N) is 4. The van der Waals surface area contributed by atoms with Crippen molar-refractivity contribution in [2.75, 3.05) is 40.0 Å². The molecule has 0 aliphatic carbocycles. The van der Waals surface area contributed by atoms with Gasteiger partial charge in [-0.2, -0.15) is 0 Å². The summed E-state index contributed by atoms with van der Waals surface area (Å²) in [6, 6.07) is 17.0. The zero-order valence-corrected chi connectivity index (χ0v) is 36.9. The van der Waals surface area contributed by atoms with E-state index >= 15 is 0 Å². The van der Waals surface area contributed by atoms with Crippen LogP contribution in [0.25, 0.3) is 0 Å². The first-order valence-electron chi connectivity index (χ1n) is 20.7. The number of hydrogen-bond donors (Lipinski definition) is 5. The summed E-state index contributed by atoms with van der Waals surface area (Å²) in [5.74, 6) is 0.156. The third-order valence-electron chi connectivity index (χ3n) is 10.6. The van der Waals surface area contributed by atoms with Gasteiger partial charge >= 0.3 is 12.1 Å². The molecule has 0 saturated carbocycles. The zero-order valence-electron chi connectivity index (χ0n) is 36.9. The highest BCUT2D eigenvalue weighted by molar-refractivity contribution is 5.89. The van der Waals surface area contributed by atoms with Crippen LogP contribution in [0.2, 0.25) is 0 Å². The predicted molar refractivity (Wildman–Crippen MR) is 228 cm³/mol. The van der Waals surface area contributed by atoms with E-state index in [1.807, 2.05) is 63.2 Å². The van der Waals surface area contributed by atoms with Crippen molar-refractivity contribution in [1.29, 1.82) is 0 Å². The molecule has 0 radical (unpaired) electrons. The first kappa shape index (κ1) is 46.6. The second-order valence-electron chi connectivity index (χ2n) is 18.4. The SMILES string of the molecule is COC(=O)NC(C(=O)NN(Cc1ccc2c(c1)OCCO2)CC(O)C(Cc1ccccc1)NC(=O)C(N1CCN(Cc2cccc(C(C)(C)O)n2)C1=O)C(C)(C)C)C(C)(C)C. The zero-order chi connectivity index (χ0) is 44.7. The number of hydrogen-bond acceptors (Lipinski definition) is 11. The van der Waals surface area contributed by atoms with Crippen molar-refractivity contribution in [1.82, 2.24) is 35.9 Å². The fourth-order valence-corrected chi connectivity index (χ4v) is 7.49. The number of fused-ring (bicyclic) bond motifs is 1. The molecule has 4 atom stereocenters. The third-order valence-corrected chi connectivity index (χ3v) is 10.6. The number of benzene rings is 2. The molecule has 5 rings (SSSR count). The number of methoxy groups -OCH3 is 1. The number of rotatable bonds is 16. The van der Waals surface area contributed by atoms with Crippen LogP contribution >= 0.6 is 0 Å². The number of amides is 5. The fourth-order valence-electron chi connectivity index (χ4n) is 7.49. The number of aromatic nitrogens is 1. The Hall–Kier alpha value is -5.45. The van der Waals surface area contributed by atoms with Crippen LogP contribution in [0, 0.1) is 10.8 Å². The Balaban J connectivity index is 1.41. The monoisotopic (exact) mass is 845 g/mol. The summed E-state index contributed by atoms with van der Waals surface area (Å²) in [6.45, 7) is 16.0. The van der Waals surface area contributed by atoms with E-state index in [1.165, 1.54) is 7.11 Å². The minimum Gasteiger partial charge on any atom is -0.486 e. The van der Waals surface area contributed by atoms with Gasteiger partial charge in [0.25, 0.3) is 5.91 Å². The number of ether oxygens (including phenoxy) is 3. The molecule has 61 heavy (non-hydrogen) atoms. The van der Waals surface area contributed by atoms with E-state index in [-0.39, 0.29) is 38.6 Å². The van der Waals surface area contributed by atoms with Gasteiger partial charge in [0.15, 0.2) is 11.5 Å². The molecule has 2 aromatic carbocycles. The van der Waals surface area contributed by atoms with E-state index in [2.05, 4.69) is 21.0 Å². The highest BCUT2D eigenvalue weighted by Crippen LogP contribution is 2.32. The summed E-state index contributed by atoms with van der Waals surface area (Å²) in [6.07, 6.45) is -1.80. The van der Waals surface area contributed by atoms with Gasteiger partial charge in [-0.1, -0.05) is 84.0 Å². The predicted octanol–water partition coefficient (Wildman–Crippen LogP) is 4.13. The van der Waals surface area contributed by atoms with Gasteiger partial charge < -0.3 is 44.9 Å². The number of pyridine rings is 1. The molecule has 3 aromatic rings. The first-order chi connectivity index (χ1) is 28.6. The largest absolute Gasteiger partial charge is 0.486 e. The maximum Gasteiger partial charge on any atom is 0.407 e. The van der Waals surface area contributed by atoms with Gasteiger partial charge in [0.2, 0.25) is 5.91 Å². The number of carbonyl (C=O) groups excluding carboxylic acids is 4. The van der Waals surface area contributed by atoms with Crippen LogP contribution in [0.15, 0.2) is 66.7 Å². The van der Waals surface area contributed by atoms with Gasteiger partial charge in [0, 0.05) is 26.2 Å². The van der Waals surface area contributed by atoms with Crippen LogP contribution in [-0.4, -0.2) is 118 Å². The van der Waals surface area contributed by atoms with Crippen LogP contribution in [0.4, 0.5) is 9.59 Å². The lowest BCUT2D eigenvalue weighted by Crippen LogP contribution is -2.61. The van der Waals surface area contributed by atoms with Gasteiger partial charge in [-0.15, -0.1) is 0 Å². The molecule has 5 amide bonds. The molecule has 16 nitrogen and oxygen atoms in total. The molecule has 0 spiro atoms. The highest BCUT2D eigenvalue weighted by Gasteiger charge is 2.44. The first-order valence-corrected chi connectivity index (χ1v) is 20.7. The molecule has 4 unspecified atom stereocenters. The summed E-state index contributed by atoms with van der Waals surface area (Å²) >= 11 is 0. The molecular weight excluding hydrogens is 783 g/mol. The Morgan fingerprint density at radius 3 is 2.18 bits per heavy atom. The topological polar surface area (TPSA) is 195 Å². The molecule has 1 saturated heterocycles. The number of aliphatic hydroxyl groups excluding tert-OH is 1. The van der Waals surface area contributed by atoms with E-state index in [0.29, 0.717) is 42.6 Å². The maximum atomic E-state index is 14.6. The second-order valence-corrected chi connectivity index (χ2v) is 18.4. The van der Waals surface area contributed by atoms with Crippen LogP contribution < -0.4 is 25.5 Å². The Bertz CT molecular complexity index is 1990. The highest BCUT2D eigenvalue weighted by atomic mass is 16.6. The lowest BCUT2D eigenvalue weighted by Gasteiger charge is -2.38. The maximum absolute atomic E-state index is 14.6. The Labute approximate surface area is 358 Å². The van der Waals surface area contributed by atoms with Gasteiger partial charge in [-0.3, -0.25) is 20.0 Å². The quantitative estimate of drug-likeness (QED) is 0.130.